The van der Waals surface area contributed by atoms with Gasteiger partial charge in [-0.25, -0.2) is 4.98 Å². The summed E-state index contributed by atoms with van der Waals surface area (Å²) in [6.45, 7) is 2.18. The molecule has 1 N–H and O–H groups in total. The average Bonchev–Trinajstić information content (AvgIpc) is 2.89. The van der Waals surface area contributed by atoms with Crippen LogP contribution in [0.25, 0.3) is 0 Å². The minimum Gasteiger partial charge on any atom is -0.313 e. The molecule has 0 radical (unpaired) electrons. The third-order valence-electron chi connectivity index (χ3n) is 3.00. The minimum atomic E-state index is 0.354. The van der Waals surface area contributed by atoms with Crippen LogP contribution in [0.15, 0.2) is 35.8 Å². The first-order chi connectivity index (χ1) is 8.33. The summed E-state index contributed by atoms with van der Waals surface area (Å²) in [6.07, 6.45) is 3.92. The van der Waals surface area contributed by atoms with Crippen molar-refractivity contribution in [3.63, 3.8) is 0 Å². The number of hydrogen-bond acceptors (Lipinski definition) is 3. The van der Waals surface area contributed by atoms with Crippen LogP contribution in [0.1, 0.15) is 29.1 Å². The molecule has 2 aromatic rings. The van der Waals surface area contributed by atoms with Crippen molar-refractivity contribution in [3.8, 4) is 0 Å². The van der Waals surface area contributed by atoms with Crippen LogP contribution in [-0.2, 0) is 12.8 Å². The molecule has 0 aliphatic rings. The second-order valence-electron chi connectivity index (χ2n) is 4.07. The smallest absolute Gasteiger partial charge is 0.0943 e. The highest BCUT2D eigenvalue weighted by molar-refractivity contribution is 7.09. The summed E-state index contributed by atoms with van der Waals surface area (Å²) >= 11 is 1.72. The predicted octanol–water partition coefficient (Wildman–Crippen LogP) is 3.21. The molecule has 0 fully saturated rings. The minimum absolute atomic E-state index is 0.354. The van der Waals surface area contributed by atoms with E-state index in [9.17, 15) is 0 Å². The summed E-state index contributed by atoms with van der Waals surface area (Å²) in [7, 11) is 2.01. The predicted molar refractivity (Wildman–Crippen MR) is 73.4 cm³/mol. The molecule has 0 saturated heterocycles. The number of aromatic nitrogens is 1. The van der Waals surface area contributed by atoms with E-state index in [-0.39, 0.29) is 0 Å². The lowest BCUT2D eigenvalue weighted by molar-refractivity contribution is 0.590. The van der Waals surface area contributed by atoms with Gasteiger partial charge in [0.15, 0.2) is 0 Å². The molecule has 17 heavy (non-hydrogen) atoms. The van der Waals surface area contributed by atoms with Crippen molar-refractivity contribution in [2.75, 3.05) is 7.05 Å². The van der Waals surface area contributed by atoms with Gasteiger partial charge in [-0.05, 0) is 24.6 Å². The van der Waals surface area contributed by atoms with Gasteiger partial charge in [-0.15, -0.1) is 11.3 Å². The maximum absolute atomic E-state index is 4.34. The molecule has 3 heteroatoms. The third-order valence-corrected chi connectivity index (χ3v) is 3.80. The largest absolute Gasteiger partial charge is 0.313 e. The fourth-order valence-corrected chi connectivity index (χ4v) is 2.56. The Morgan fingerprint density at radius 2 is 2.06 bits per heavy atom. The summed E-state index contributed by atoms with van der Waals surface area (Å²) in [5.74, 6) is 0. The zero-order chi connectivity index (χ0) is 12.1. The molecule has 1 aromatic carbocycles. The summed E-state index contributed by atoms with van der Waals surface area (Å²) in [4.78, 5) is 4.34. The molecule has 0 aliphatic carbocycles. The molecule has 0 saturated carbocycles. The number of rotatable bonds is 5. The summed E-state index contributed by atoms with van der Waals surface area (Å²) < 4.78 is 0. The van der Waals surface area contributed by atoms with Gasteiger partial charge in [0.1, 0.15) is 0 Å². The number of nitrogens with one attached hydrogen (secondary N) is 1. The van der Waals surface area contributed by atoms with Crippen LogP contribution in [0.2, 0.25) is 0 Å². The Morgan fingerprint density at radius 3 is 2.59 bits per heavy atom. The zero-order valence-corrected chi connectivity index (χ0v) is 11.1. The van der Waals surface area contributed by atoms with Gasteiger partial charge >= 0.3 is 0 Å². The quantitative estimate of drug-likeness (QED) is 0.876. The topological polar surface area (TPSA) is 24.9 Å². The Hall–Kier alpha value is -1.19. The first-order valence-electron chi connectivity index (χ1n) is 5.98. The van der Waals surface area contributed by atoms with E-state index in [2.05, 4.69) is 41.5 Å². The van der Waals surface area contributed by atoms with Crippen molar-refractivity contribution in [1.82, 2.24) is 10.3 Å². The van der Waals surface area contributed by atoms with E-state index in [1.54, 1.807) is 11.3 Å². The van der Waals surface area contributed by atoms with Gasteiger partial charge in [-0.1, -0.05) is 31.2 Å². The van der Waals surface area contributed by atoms with Crippen LogP contribution >= 0.6 is 11.3 Å². The Labute approximate surface area is 107 Å². The molecule has 1 atom stereocenters. The normalized spacial score (nSPS) is 12.6. The van der Waals surface area contributed by atoms with E-state index in [1.165, 1.54) is 16.1 Å². The van der Waals surface area contributed by atoms with Gasteiger partial charge in [0.25, 0.3) is 0 Å². The number of hydrogen-bond donors (Lipinski definition) is 1. The Kier molecular flexibility index (Phi) is 4.29. The molecule has 0 amide bonds. The molecular formula is C14H18N2S. The van der Waals surface area contributed by atoms with Crippen LogP contribution in [0.3, 0.4) is 0 Å². The Bertz CT molecular complexity index is 434. The van der Waals surface area contributed by atoms with Crippen LogP contribution in [0.4, 0.5) is 0 Å². The third kappa shape index (κ3) is 3.14. The molecule has 0 bridgehead atoms. The van der Waals surface area contributed by atoms with E-state index in [1.807, 2.05) is 18.6 Å². The second kappa shape index (κ2) is 5.94. The standard InChI is InChI=1S/C14H18N2S/c1-3-11-4-6-12(7-5-11)13(15-2)10-14-16-8-9-17-14/h4-9,13,15H,3,10H2,1-2H3. The van der Waals surface area contributed by atoms with Crippen molar-refractivity contribution < 1.29 is 0 Å². The lowest BCUT2D eigenvalue weighted by Crippen LogP contribution is -2.18. The zero-order valence-electron chi connectivity index (χ0n) is 10.3. The molecule has 1 unspecified atom stereocenters. The average molecular weight is 246 g/mol. The highest BCUT2D eigenvalue weighted by Crippen LogP contribution is 2.20. The molecule has 2 nitrogen and oxygen atoms in total. The maximum atomic E-state index is 4.34. The highest BCUT2D eigenvalue weighted by atomic mass is 32.1. The van der Waals surface area contributed by atoms with Crippen LogP contribution < -0.4 is 5.32 Å². The molecule has 1 heterocycles. The lowest BCUT2D eigenvalue weighted by atomic mass is 10.0. The molecule has 0 aliphatic heterocycles. The second-order valence-corrected chi connectivity index (χ2v) is 5.05. The highest BCUT2D eigenvalue weighted by Gasteiger charge is 2.11. The van der Waals surface area contributed by atoms with Crippen molar-refractivity contribution >= 4 is 11.3 Å². The summed E-state index contributed by atoms with van der Waals surface area (Å²) in [5, 5.41) is 6.57. The monoisotopic (exact) mass is 246 g/mol. The Morgan fingerprint density at radius 1 is 1.29 bits per heavy atom. The van der Waals surface area contributed by atoms with Crippen LogP contribution in [0.5, 0.6) is 0 Å². The lowest BCUT2D eigenvalue weighted by Gasteiger charge is -2.15. The van der Waals surface area contributed by atoms with Gasteiger partial charge in [0.2, 0.25) is 0 Å². The fourth-order valence-electron chi connectivity index (χ4n) is 1.90. The maximum Gasteiger partial charge on any atom is 0.0943 e. The van der Waals surface area contributed by atoms with E-state index < -0.39 is 0 Å². The van der Waals surface area contributed by atoms with E-state index in [0.29, 0.717) is 6.04 Å². The summed E-state index contributed by atoms with van der Waals surface area (Å²) in [6, 6.07) is 9.21. The van der Waals surface area contributed by atoms with Crippen molar-refractivity contribution in [2.24, 2.45) is 0 Å². The van der Waals surface area contributed by atoms with Crippen LogP contribution in [0, 0.1) is 0 Å². The number of nitrogens with zero attached hydrogens (tertiary/aromatic N) is 1. The number of benzene rings is 1. The molecular weight excluding hydrogens is 228 g/mol. The van der Waals surface area contributed by atoms with Gasteiger partial charge in [0.05, 0.1) is 5.01 Å². The van der Waals surface area contributed by atoms with Gasteiger partial charge in [-0.2, -0.15) is 0 Å². The first kappa shape index (κ1) is 12.3. The fraction of sp³-hybridized carbons (Fsp3) is 0.357. The number of likely N-dealkylation sites (N-methyl/N-ethyl adjacent to an activating group) is 1. The van der Waals surface area contributed by atoms with E-state index in [0.717, 1.165) is 12.8 Å². The van der Waals surface area contributed by atoms with Gasteiger partial charge < -0.3 is 5.32 Å². The van der Waals surface area contributed by atoms with E-state index >= 15 is 0 Å². The SMILES string of the molecule is CCc1ccc(C(Cc2nccs2)NC)cc1. The molecule has 0 spiro atoms. The molecule has 90 valence electrons. The molecule has 2 rings (SSSR count). The summed E-state index contributed by atoms with van der Waals surface area (Å²) in [5.41, 5.74) is 2.72. The van der Waals surface area contributed by atoms with Crippen LogP contribution in [-0.4, -0.2) is 12.0 Å². The van der Waals surface area contributed by atoms with Gasteiger partial charge in [-0.3, -0.25) is 0 Å². The van der Waals surface area contributed by atoms with Gasteiger partial charge in [0, 0.05) is 24.0 Å². The first-order valence-corrected chi connectivity index (χ1v) is 6.86. The van der Waals surface area contributed by atoms with E-state index in [4.69, 9.17) is 0 Å². The van der Waals surface area contributed by atoms with Crippen molar-refractivity contribution in [1.29, 1.82) is 0 Å². The number of aryl methyl sites for hydroxylation is 1. The molecule has 1 aromatic heterocycles. The van der Waals surface area contributed by atoms with Crippen molar-refractivity contribution in [3.05, 3.63) is 52.0 Å². The van der Waals surface area contributed by atoms with Crippen molar-refractivity contribution in [2.45, 2.75) is 25.8 Å². The number of thiazole rings is 1. The Balaban J connectivity index is 2.11.